The van der Waals surface area contributed by atoms with Gasteiger partial charge in [0.25, 0.3) is 0 Å². The fourth-order valence-corrected chi connectivity index (χ4v) is 2.20. The Bertz CT molecular complexity index is 462. The lowest BCUT2D eigenvalue weighted by Crippen LogP contribution is -2.38. The largest absolute Gasteiger partial charge is 0.481 e. The molecule has 0 aliphatic heterocycles. The molecular formula is C13H15BrO5S. The van der Waals surface area contributed by atoms with Crippen LogP contribution in [-0.2, 0) is 24.9 Å². The molecule has 1 aromatic carbocycles. The zero-order valence-corrected chi connectivity index (χ0v) is 13.3. The van der Waals surface area contributed by atoms with Gasteiger partial charge in [-0.05, 0) is 44.0 Å². The fraction of sp³-hybridized carbons (Fsp3) is 0.385. The maximum absolute atomic E-state index is 11.7. The number of carboxylic acid groups (broad SMARTS) is 1. The monoisotopic (exact) mass is 362 g/mol. The molecule has 1 aromatic rings. The van der Waals surface area contributed by atoms with E-state index in [0.717, 1.165) is 10.0 Å². The second kappa shape index (κ2) is 8.28. The third-order valence-corrected chi connectivity index (χ3v) is 3.44. The van der Waals surface area contributed by atoms with Crippen LogP contribution < -0.4 is 0 Å². The van der Waals surface area contributed by atoms with Crippen molar-refractivity contribution in [1.82, 2.24) is 0 Å². The first kappa shape index (κ1) is 17.0. The third kappa shape index (κ3) is 4.81. The standard InChI is InChI=1S/C13H15BrO5S/c1-2-18-13(17)11(19-20)10(12(15)16)7-8-3-5-9(14)6-4-8/h3-6,10-11,20H,2,7H2,1H3,(H,15,16)/t10-,11+/m1/s1. The second-order valence-corrected chi connectivity index (χ2v) is 5.18. The summed E-state index contributed by atoms with van der Waals surface area (Å²) in [6.45, 7) is 1.79. The highest BCUT2D eigenvalue weighted by molar-refractivity contribution is 9.10. The van der Waals surface area contributed by atoms with Gasteiger partial charge in [-0.1, -0.05) is 28.1 Å². The molecule has 20 heavy (non-hydrogen) atoms. The number of hydrogen-bond donors (Lipinski definition) is 2. The molecule has 2 atom stereocenters. The zero-order chi connectivity index (χ0) is 15.1. The van der Waals surface area contributed by atoms with E-state index in [2.05, 4.69) is 28.8 Å². The van der Waals surface area contributed by atoms with Gasteiger partial charge in [0.15, 0.2) is 6.10 Å². The SMILES string of the molecule is CCOC(=O)[C@@H](OS)[C@@H](Cc1ccc(Br)cc1)C(=O)O. The summed E-state index contributed by atoms with van der Waals surface area (Å²) in [5.41, 5.74) is 0.778. The van der Waals surface area contributed by atoms with Crippen LogP contribution in [0.1, 0.15) is 12.5 Å². The summed E-state index contributed by atoms with van der Waals surface area (Å²) in [6.07, 6.45) is -1.11. The number of aliphatic carboxylic acids is 1. The van der Waals surface area contributed by atoms with Crippen LogP contribution in [0.25, 0.3) is 0 Å². The van der Waals surface area contributed by atoms with Crippen molar-refractivity contribution < 1.29 is 23.6 Å². The molecule has 110 valence electrons. The van der Waals surface area contributed by atoms with Crippen LogP contribution in [-0.4, -0.2) is 29.8 Å². The Morgan fingerprint density at radius 1 is 1.35 bits per heavy atom. The lowest BCUT2D eigenvalue weighted by Gasteiger charge is -2.20. The normalized spacial score (nSPS) is 13.6. The van der Waals surface area contributed by atoms with Crippen LogP contribution in [0.15, 0.2) is 28.7 Å². The highest BCUT2D eigenvalue weighted by Crippen LogP contribution is 2.20. The quantitative estimate of drug-likeness (QED) is 0.442. The van der Waals surface area contributed by atoms with E-state index in [-0.39, 0.29) is 13.0 Å². The summed E-state index contributed by atoms with van der Waals surface area (Å²) >= 11 is 6.89. The molecule has 0 radical (unpaired) electrons. The molecule has 1 rings (SSSR count). The van der Waals surface area contributed by atoms with Gasteiger partial charge in [0.2, 0.25) is 0 Å². The Balaban J connectivity index is 2.89. The van der Waals surface area contributed by atoms with Crippen LogP contribution >= 0.6 is 28.8 Å². The van der Waals surface area contributed by atoms with E-state index in [1.807, 2.05) is 0 Å². The summed E-state index contributed by atoms with van der Waals surface area (Å²) in [4.78, 5) is 23.0. The van der Waals surface area contributed by atoms with Crippen LogP contribution in [0.2, 0.25) is 0 Å². The fourth-order valence-electron chi connectivity index (χ4n) is 1.70. The predicted molar refractivity (Wildman–Crippen MR) is 79.5 cm³/mol. The Labute approximate surface area is 131 Å². The molecule has 0 spiro atoms. The molecule has 0 heterocycles. The van der Waals surface area contributed by atoms with E-state index in [0.29, 0.717) is 0 Å². The minimum absolute atomic E-state index is 0.145. The second-order valence-electron chi connectivity index (χ2n) is 4.05. The maximum atomic E-state index is 11.7. The summed E-state index contributed by atoms with van der Waals surface area (Å²) < 4.78 is 10.4. The highest BCUT2D eigenvalue weighted by atomic mass is 79.9. The molecule has 1 N–H and O–H groups in total. The van der Waals surface area contributed by atoms with E-state index in [1.54, 1.807) is 31.2 Å². The summed E-state index contributed by atoms with van der Waals surface area (Å²) in [6, 6.07) is 7.16. The number of halogens is 1. The number of esters is 1. The number of thiol groups is 1. The first-order valence-corrected chi connectivity index (χ1v) is 7.09. The summed E-state index contributed by atoms with van der Waals surface area (Å²) in [7, 11) is 0. The summed E-state index contributed by atoms with van der Waals surface area (Å²) in [5, 5.41) is 9.28. The van der Waals surface area contributed by atoms with Gasteiger partial charge in [0, 0.05) is 4.47 Å². The molecule has 7 heteroatoms. The van der Waals surface area contributed by atoms with Gasteiger partial charge < -0.3 is 14.0 Å². The van der Waals surface area contributed by atoms with Crippen molar-refractivity contribution in [3.63, 3.8) is 0 Å². The third-order valence-electron chi connectivity index (χ3n) is 2.68. The minimum Gasteiger partial charge on any atom is -0.481 e. The zero-order valence-electron chi connectivity index (χ0n) is 10.8. The first-order valence-electron chi connectivity index (χ1n) is 5.93. The molecule has 0 aliphatic carbocycles. The molecule has 5 nitrogen and oxygen atoms in total. The number of carboxylic acids is 1. The van der Waals surface area contributed by atoms with Crippen molar-refractivity contribution in [1.29, 1.82) is 0 Å². The van der Waals surface area contributed by atoms with Gasteiger partial charge >= 0.3 is 11.9 Å². The average Bonchev–Trinajstić information content (AvgIpc) is 2.41. The van der Waals surface area contributed by atoms with Crippen molar-refractivity contribution in [2.75, 3.05) is 6.61 Å². The minimum atomic E-state index is -1.25. The molecule has 0 fully saturated rings. The van der Waals surface area contributed by atoms with E-state index in [9.17, 15) is 14.7 Å². The van der Waals surface area contributed by atoms with Crippen LogP contribution in [0.5, 0.6) is 0 Å². The van der Waals surface area contributed by atoms with Gasteiger partial charge in [-0.15, -0.1) is 0 Å². The van der Waals surface area contributed by atoms with Crippen molar-refractivity contribution in [2.45, 2.75) is 19.4 Å². The molecule has 0 saturated carbocycles. The van der Waals surface area contributed by atoms with Crippen LogP contribution in [0, 0.1) is 5.92 Å². The number of benzene rings is 1. The Morgan fingerprint density at radius 3 is 2.40 bits per heavy atom. The van der Waals surface area contributed by atoms with Crippen molar-refractivity contribution in [2.24, 2.45) is 5.92 Å². The van der Waals surface area contributed by atoms with E-state index < -0.39 is 24.0 Å². The molecule has 0 amide bonds. The maximum Gasteiger partial charge on any atom is 0.337 e. The molecule has 0 bridgehead atoms. The Hall–Kier alpha value is -1.05. The van der Waals surface area contributed by atoms with Crippen molar-refractivity contribution >= 4 is 40.8 Å². The average molecular weight is 363 g/mol. The van der Waals surface area contributed by atoms with Gasteiger partial charge in [-0.2, -0.15) is 0 Å². The predicted octanol–water partition coefficient (Wildman–Crippen LogP) is 2.49. The molecule has 0 aromatic heterocycles. The Kier molecular flexibility index (Phi) is 7.04. The number of carbonyl (C=O) groups is 2. The topological polar surface area (TPSA) is 72.8 Å². The number of ether oxygens (including phenoxy) is 1. The number of hydrogen-bond acceptors (Lipinski definition) is 5. The van der Waals surface area contributed by atoms with Gasteiger partial charge in [-0.3, -0.25) is 4.79 Å². The number of rotatable bonds is 7. The molecule has 0 aliphatic rings. The lowest BCUT2D eigenvalue weighted by molar-refractivity contribution is -0.160. The smallest absolute Gasteiger partial charge is 0.337 e. The van der Waals surface area contributed by atoms with Crippen molar-refractivity contribution in [3.05, 3.63) is 34.3 Å². The van der Waals surface area contributed by atoms with Gasteiger partial charge in [0.05, 0.1) is 12.5 Å². The van der Waals surface area contributed by atoms with Crippen LogP contribution in [0.4, 0.5) is 0 Å². The summed E-state index contributed by atoms with van der Waals surface area (Å²) in [5.74, 6) is -2.93. The van der Waals surface area contributed by atoms with Crippen molar-refractivity contribution in [3.8, 4) is 0 Å². The van der Waals surface area contributed by atoms with Gasteiger partial charge in [0.1, 0.15) is 0 Å². The van der Waals surface area contributed by atoms with E-state index in [1.165, 1.54) is 0 Å². The van der Waals surface area contributed by atoms with E-state index in [4.69, 9.17) is 8.92 Å². The molecule has 0 saturated heterocycles. The lowest BCUT2D eigenvalue weighted by atomic mass is 9.94. The van der Waals surface area contributed by atoms with Gasteiger partial charge in [-0.25, -0.2) is 4.79 Å². The first-order chi connectivity index (χ1) is 9.49. The number of carbonyl (C=O) groups excluding carboxylic acids is 1. The Morgan fingerprint density at radius 2 is 1.95 bits per heavy atom. The van der Waals surface area contributed by atoms with Crippen LogP contribution in [0.3, 0.4) is 0 Å². The molecular weight excluding hydrogens is 348 g/mol. The van der Waals surface area contributed by atoms with E-state index >= 15 is 0 Å². The molecule has 0 unspecified atom stereocenters. The highest BCUT2D eigenvalue weighted by Gasteiger charge is 2.35.